The Kier molecular flexibility index (Phi) is 14.6. The molecule has 6 fully saturated rings. The molecule has 1 aromatic rings. The van der Waals surface area contributed by atoms with Gasteiger partial charge >= 0.3 is 0 Å². The number of fused-ring (bicyclic) bond motifs is 1. The summed E-state index contributed by atoms with van der Waals surface area (Å²) in [4.78, 5) is 25.9. The maximum Gasteiger partial charge on any atom is 0.242 e. The molecule has 7 heteroatoms. The van der Waals surface area contributed by atoms with Gasteiger partial charge in [-0.15, -0.1) is 0 Å². The monoisotopic (exact) mass is 630 g/mol. The van der Waals surface area contributed by atoms with Gasteiger partial charge in [0.05, 0.1) is 11.6 Å². The number of amides is 2. The molecule has 2 heterocycles. The van der Waals surface area contributed by atoms with Crippen molar-refractivity contribution >= 4 is 25.0 Å². The van der Waals surface area contributed by atoms with Gasteiger partial charge in [0.25, 0.3) is 0 Å². The molecule has 206 valence electrons. The third kappa shape index (κ3) is 8.17. The van der Waals surface area contributed by atoms with Gasteiger partial charge in [-0.2, -0.15) is 0 Å². The van der Waals surface area contributed by atoms with Gasteiger partial charge in [0.2, 0.25) is 11.8 Å². The molecule has 2 unspecified atom stereocenters. The average molecular weight is 630 g/mol. The van der Waals surface area contributed by atoms with Crippen LogP contribution >= 0.6 is 7.92 Å². The summed E-state index contributed by atoms with van der Waals surface area (Å²) in [7, 11) is -0.862. The van der Waals surface area contributed by atoms with Crippen molar-refractivity contribution in [3.05, 3.63) is 157 Å². The molecule has 4 saturated carbocycles. The first kappa shape index (κ1) is 34.1. The fourth-order valence-electron chi connectivity index (χ4n) is 4.96. The van der Waals surface area contributed by atoms with Gasteiger partial charge < -0.3 is 0 Å². The smallest absolute Gasteiger partial charge is 0.242 e. The summed E-state index contributed by atoms with van der Waals surface area (Å²) in [6.07, 6.45) is 35.1. The van der Waals surface area contributed by atoms with Crippen LogP contribution < -0.4 is 5.30 Å². The molecule has 1 aromatic carbocycles. The fraction of sp³-hybridized carbons (Fsp3) is 0.152. The van der Waals surface area contributed by atoms with E-state index in [0.717, 1.165) is 11.8 Å². The van der Waals surface area contributed by atoms with E-state index in [0.29, 0.717) is 0 Å². The summed E-state index contributed by atoms with van der Waals surface area (Å²) in [5.74, 6) is 3.40. The van der Waals surface area contributed by atoms with Gasteiger partial charge in [-0.05, 0) is 128 Å². The number of hydrogen-bond acceptors (Lipinski definition) is 2. The molecule has 4 nitrogen and oxygen atoms in total. The fourth-order valence-corrected chi connectivity index (χ4v) is 8.25. The molecule has 0 bridgehead atoms. The zero-order valence-electron chi connectivity index (χ0n) is 22.1. The van der Waals surface area contributed by atoms with Crippen molar-refractivity contribution in [3.8, 4) is 0 Å². The average Bonchev–Trinajstić information content (AvgIpc) is 3.75. The van der Waals surface area contributed by atoms with Crippen molar-refractivity contribution in [2.24, 2.45) is 0 Å². The second kappa shape index (κ2) is 17.1. The van der Waals surface area contributed by atoms with Crippen LogP contribution in [0.2, 0.25) is 0 Å². The van der Waals surface area contributed by atoms with Crippen molar-refractivity contribution < 1.29 is 43.7 Å². The molecule has 2 atom stereocenters. The quantitative estimate of drug-likeness (QED) is 0.346. The number of nitrogens with zero attached hydrogens (tertiary/aromatic N) is 2. The van der Waals surface area contributed by atoms with Crippen LogP contribution in [-0.4, -0.2) is 33.4 Å². The molecule has 0 aromatic heterocycles. The van der Waals surface area contributed by atoms with Crippen LogP contribution in [0.15, 0.2) is 30.3 Å². The first-order chi connectivity index (χ1) is 18.6. The molecule has 4 aliphatic carbocycles. The zero-order valence-corrected chi connectivity index (χ0v) is 25.2. The van der Waals surface area contributed by atoms with Crippen LogP contribution in [0.3, 0.4) is 0 Å². The summed E-state index contributed by atoms with van der Waals surface area (Å²) < 4.78 is 0. The van der Waals surface area contributed by atoms with Crippen LogP contribution in [0.1, 0.15) is 19.8 Å². The Morgan fingerprint density at radius 3 is 1.30 bits per heavy atom. The summed E-state index contributed by atoms with van der Waals surface area (Å²) in [6.45, 7) is 2.08. The van der Waals surface area contributed by atoms with Crippen LogP contribution in [-0.2, 0) is 43.7 Å². The van der Waals surface area contributed by atoms with Gasteiger partial charge in [0.1, 0.15) is 0 Å². The van der Waals surface area contributed by atoms with Crippen molar-refractivity contribution in [3.63, 3.8) is 0 Å². The molecule has 40 heavy (non-hydrogen) atoms. The van der Waals surface area contributed by atoms with E-state index in [2.05, 4.69) is 57.6 Å². The van der Waals surface area contributed by atoms with Gasteiger partial charge in [0, 0.05) is 58.8 Å². The Bertz CT molecular complexity index is 847. The Labute approximate surface area is 266 Å². The van der Waals surface area contributed by atoms with Crippen molar-refractivity contribution in [2.45, 2.75) is 31.3 Å². The first-order valence-electron chi connectivity index (χ1n) is 12.9. The summed E-state index contributed by atoms with van der Waals surface area (Å²) >= 11 is 0. The van der Waals surface area contributed by atoms with E-state index in [9.17, 15) is 9.59 Å². The summed E-state index contributed by atoms with van der Waals surface area (Å²) in [5, 5.41) is 4.73. The van der Waals surface area contributed by atoms with E-state index < -0.39 is 7.92 Å². The number of carbonyl (C=O) groups is 2. The molecule has 7 rings (SSSR count). The molecule has 0 N–H and O–H groups in total. The second-order valence-corrected chi connectivity index (χ2v) is 11.6. The second-order valence-electron chi connectivity index (χ2n) is 9.33. The summed E-state index contributed by atoms with van der Waals surface area (Å²) in [6, 6.07) is 10.3. The van der Waals surface area contributed by atoms with Crippen LogP contribution in [0.5, 0.6) is 0 Å². The number of hydrazine groups is 1. The molecular formula is C33H31Fe2N2O2P. The van der Waals surface area contributed by atoms with Crippen molar-refractivity contribution in [2.75, 3.05) is 0 Å². The largest absolute Gasteiger partial charge is 0.273 e. The number of benzene rings is 1. The minimum atomic E-state index is -0.862. The molecular weight excluding hydrogens is 599 g/mol. The Morgan fingerprint density at radius 2 is 0.950 bits per heavy atom. The molecule has 0 spiro atoms. The van der Waals surface area contributed by atoms with Crippen LogP contribution in [0, 0.1) is 127 Å². The Morgan fingerprint density at radius 1 is 0.575 bits per heavy atom. The number of rotatable bonds is 3. The van der Waals surface area contributed by atoms with Gasteiger partial charge in [-0.25, -0.2) is 10.0 Å². The minimum Gasteiger partial charge on any atom is -0.273 e. The minimum absolute atomic E-state index is 0. The maximum absolute atomic E-state index is 13.0. The topological polar surface area (TPSA) is 40.6 Å². The maximum atomic E-state index is 13.0. The third-order valence-corrected chi connectivity index (χ3v) is 9.68. The van der Waals surface area contributed by atoms with E-state index in [-0.39, 0.29) is 70.4 Å². The third-order valence-electron chi connectivity index (χ3n) is 6.70. The number of carbonyl (C=O) groups excluding carboxylic acids is 2. The molecule has 6 aliphatic rings. The van der Waals surface area contributed by atoms with Gasteiger partial charge in [-0.1, -0.05) is 37.3 Å². The summed E-state index contributed by atoms with van der Waals surface area (Å²) in [5.41, 5.74) is 0. The SMILES string of the molecule is C[C]1[CH][CH][CH][CH]1.O=C1CCC(=O)N2C([C]3[CH][CH][CH][CH]3)P(c3ccccc3)C([C]3[CH][CH][CH][CH]3)N12.[CH]1[CH][CH][CH][CH]1.[Fe].[Fe]. The van der Waals surface area contributed by atoms with Crippen molar-refractivity contribution in [1.29, 1.82) is 0 Å². The molecule has 20 radical (unpaired) electrons. The predicted octanol–water partition coefficient (Wildman–Crippen LogP) is 5.06. The van der Waals surface area contributed by atoms with E-state index in [1.807, 2.05) is 88.8 Å². The number of hydrogen-bond donors (Lipinski definition) is 0. The Balaban J connectivity index is 0.000000284. The normalized spacial score (nSPS) is 28.8. The van der Waals surface area contributed by atoms with E-state index in [4.69, 9.17) is 0 Å². The predicted molar refractivity (Wildman–Crippen MR) is 152 cm³/mol. The standard InChI is InChI=1S/C22H19N2O2P.C6H7.C5H5.2Fe/c25-19-14-15-20(26)24-22(17-10-6-7-11-17)27(18-12-2-1-3-13-18)21(23(19)24)16-8-4-5-9-16;1-6-4-2-3-5-6;1-2-4-5-3-1;;/h1-13,21-22H,14-15H2;2-5H,1H3;1-5H;;. The Hall–Kier alpha value is -0.371. The van der Waals surface area contributed by atoms with Gasteiger partial charge in [-0.3, -0.25) is 9.59 Å². The van der Waals surface area contributed by atoms with Crippen LogP contribution in [0.25, 0.3) is 0 Å². The van der Waals surface area contributed by atoms with E-state index >= 15 is 0 Å². The first-order valence-corrected chi connectivity index (χ1v) is 14.4. The molecule has 2 amide bonds. The van der Waals surface area contributed by atoms with Crippen LogP contribution in [0.4, 0.5) is 0 Å². The van der Waals surface area contributed by atoms with Crippen molar-refractivity contribution in [1.82, 2.24) is 10.0 Å². The molecule has 2 aliphatic heterocycles. The zero-order chi connectivity index (χ0) is 26.3. The van der Waals surface area contributed by atoms with E-state index in [1.165, 1.54) is 11.2 Å². The molecule has 2 saturated heterocycles. The van der Waals surface area contributed by atoms with E-state index in [1.54, 1.807) is 10.0 Å². The van der Waals surface area contributed by atoms with Gasteiger partial charge in [0.15, 0.2) is 0 Å².